The Labute approximate surface area is 174 Å². The summed E-state index contributed by atoms with van der Waals surface area (Å²) in [4.78, 5) is 40.8. The predicted molar refractivity (Wildman–Crippen MR) is 105 cm³/mol. The third-order valence-electron chi connectivity index (χ3n) is 4.20. The summed E-state index contributed by atoms with van der Waals surface area (Å²) < 4.78 is 10.7. The van der Waals surface area contributed by atoms with Gasteiger partial charge in [0.25, 0.3) is 7.41 Å². The monoisotopic (exact) mass is 428 g/mol. The number of rotatable bonds is 9. The number of aliphatic hydroxyl groups is 2. The molecule has 1 aliphatic heterocycles. The average Bonchev–Trinajstić information content (AvgIpc) is 2.66. The van der Waals surface area contributed by atoms with Crippen molar-refractivity contribution in [3.8, 4) is 0 Å². The number of guanidine groups is 1. The van der Waals surface area contributed by atoms with E-state index in [4.69, 9.17) is 20.9 Å². The predicted octanol–water partition coefficient (Wildman–Crippen LogP) is -2.65. The molecule has 1 heterocycles. The number of aliphatic imine (C=N–C) groups is 1. The van der Waals surface area contributed by atoms with Gasteiger partial charge in [-0.25, -0.2) is 14.6 Å². The molecule has 0 bridgehead atoms. The van der Waals surface area contributed by atoms with Crippen LogP contribution < -0.4 is 16.8 Å². The first-order valence-electron chi connectivity index (χ1n) is 9.08. The minimum absolute atomic E-state index is 0.245. The Morgan fingerprint density at radius 1 is 1.43 bits per heavy atom. The molecule has 0 saturated heterocycles. The van der Waals surface area contributed by atoms with Crippen LogP contribution in [-0.4, -0.2) is 95.0 Å². The number of aliphatic carboxylic acids is 1. The summed E-state index contributed by atoms with van der Waals surface area (Å²) in [7, 11) is 1.43. The minimum atomic E-state index is -1.67. The lowest BCUT2D eigenvalue weighted by atomic mass is 9.92. The smallest absolute Gasteiger partial charge is 0.397 e. The molecule has 0 aromatic carbocycles. The highest BCUT2D eigenvalue weighted by Crippen LogP contribution is 2.27. The van der Waals surface area contributed by atoms with Crippen LogP contribution in [-0.2, 0) is 19.1 Å². The molecule has 0 aromatic rings. The lowest BCUT2D eigenvalue weighted by Crippen LogP contribution is -2.61. The molecular weight excluding hydrogens is 401 g/mol. The number of nitrogens with zero attached hydrogens (tertiary/aromatic N) is 2. The van der Waals surface area contributed by atoms with Gasteiger partial charge in [0.2, 0.25) is 11.7 Å². The lowest BCUT2D eigenvalue weighted by molar-refractivity contribution is -0.146. The largest absolute Gasteiger partial charge is 0.477 e. The van der Waals surface area contributed by atoms with Crippen molar-refractivity contribution < 1.29 is 39.2 Å². The maximum atomic E-state index is 12.4. The Hall–Kier alpha value is -3.00. The number of hydrogen-bond donors (Lipinski definition) is 6. The van der Waals surface area contributed by atoms with Crippen LogP contribution in [0.25, 0.3) is 0 Å². The van der Waals surface area contributed by atoms with Crippen molar-refractivity contribution in [2.75, 3.05) is 13.2 Å². The molecule has 5 atom stereocenters. The molecule has 1 aliphatic rings. The SMILES string of the molecule is C[B]N(CC)C(=O)O[C@@H]([C@@H]1OC(C(=O)O)=C[C@H](N=C(N)N)[C@H]1NC(C)=O)[C@H](O)CO. The number of carboxylic acids is 1. The van der Waals surface area contributed by atoms with Crippen LogP contribution in [0.4, 0.5) is 4.79 Å². The van der Waals surface area contributed by atoms with E-state index in [2.05, 4.69) is 10.3 Å². The van der Waals surface area contributed by atoms with Gasteiger partial charge in [0.15, 0.2) is 18.2 Å². The van der Waals surface area contributed by atoms with Gasteiger partial charge in [-0.3, -0.25) is 4.79 Å². The van der Waals surface area contributed by atoms with Gasteiger partial charge in [-0.2, -0.15) is 0 Å². The second-order valence-electron chi connectivity index (χ2n) is 6.33. The molecule has 1 rings (SSSR count). The van der Waals surface area contributed by atoms with Gasteiger partial charge in [0, 0.05) is 13.5 Å². The molecule has 14 heteroatoms. The van der Waals surface area contributed by atoms with Crippen molar-refractivity contribution in [1.29, 1.82) is 0 Å². The fourth-order valence-electron chi connectivity index (χ4n) is 2.87. The Morgan fingerprint density at radius 3 is 2.50 bits per heavy atom. The second kappa shape index (κ2) is 11.3. The fourth-order valence-corrected chi connectivity index (χ4v) is 2.87. The highest BCUT2D eigenvalue weighted by molar-refractivity contribution is 6.34. The first kappa shape index (κ1) is 25.0. The van der Waals surface area contributed by atoms with Crippen molar-refractivity contribution in [2.24, 2.45) is 16.5 Å². The van der Waals surface area contributed by atoms with E-state index in [1.165, 1.54) is 19.1 Å². The van der Waals surface area contributed by atoms with Crippen molar-refractivity contribution in [3.63, 3.8) is 0 Å². The molecule has 2 amide bonds. The highest BCUT2D eigenvalue weighted by atomic mass is 16.6. The highest BCUT2D eigenvalue weighted by Gasteiger charge is 2.46. The molecule has 0 aromatic heterocycles. The Kier molecular flexibility index (Phi) is 9.40. The summed E-state index contributed by atoms with van der Waals surface area (Å²) in [5.74, 6) is -3.00. The fraction of sp³-hybridized carbons (Fsp3) is 0.625. The van der Waals surface area contributed by atoms with Crippen LogP contribution >= 0.6 is 0 Å². The number of hydrogen-bond acceptors (Lipinski definition) is 8. The van der Waals surface area contributed by atoms with E-state index in [1.807, 2.05) is 0 Å². The van der Waals surface area contributed by atoms with E-state index in [9.17, 15) is 29.7 Å². The van der Waals surface area contributed by atoms with Crippen LogP contribution in [0.15, 0.2) is 16.8 Å². The molecule has 0 spiro atoms. The zero-order valence-electron chi connectivity index (χ0n) is 16.9. The molecular formula is C16H27BN5O8. The van der Waals surface area contributed by atoms with Crippen molar-refractivity contribution in [1.82, 2.24) is 10.1 Å². The normalized spacial score (nSPS) is 22.4. The molecule has 167 valence electrons. The van der Waals surface area contributed by atoms with Crippen LogP contribution in [0, 0.1) is 0 Å². The Morgan fingerprint density at radius 2 is 2.07 bits per heavy atom. The number of amides is 2. The number of aliphatic hydroxyl groups excluding tert-OH is 2. The molecule has 1 radical (unpaired) electrons. The summed E-state index contributed by atoms with van der Waals surface area (Å²) in [6, 6.07) is -2.25. The number of ether oxygens (including phenoxy) is 2. The van der Waals surface area contributed by atoms with Crippen LogP contribution in [0.2, 0.25) is 6.82 Å². The Balaban J connectivity index is 3.45. The van der Waals surface area contributed by atoms with Gasteiger partial charge in [0.05, 0.1) is 18.7 Å². The zero-order valence-corrected chi connectivity index (χ0v) is 16.9. The minimum Gasteiger partial charge on any atom is -0.477 e. The van der Waals surface area contributed by atoms with Crippen LogP contribution in [0.3, 0.4) is 0 Å². The third-order valence-corrected chi connectivity index (χ3v) is 4.20. The summed E-state index contributed by atoms with van der Waals surface area (Å²) in [6.45, 7) is 3.85. The summed E-state index contributed by atoms with van der Waals surface area (Å²) >= 11 is 0. The van der Waals surface area contributed by atoms with E-state index in [1.54, 1.807) is 13.7 Å². The first-order valence-corrected chi connectivity index (χ1v) is 9.08. The molecule has 13 nitrogen and oxygen atoms in total. The van der Waals surface area contributed by atoms with Crippen molar-refractivity contribution >= 4 is 31.3 Å². The van der Waals surface area contributed by atoms with Gasteiger partial charge in [-0.05, 0) is 13.0 Å². The van der Waals surface area contributed by atoms with Crippen LogP contribution in [0.1, 0.15) is 13.8 Å². The lowest BCUT2D eigenvalue weighted by Gasteiger charge is -2.40. The number of carboxylic acid groups (broad SMARTS) is 1. The van der Waals surface area contributed by atoms with Crippen molar-refractivity contribution in [3.05, 3.63) is 11.8 Å². The average molecular weight is 428 g/mol. The summed E-state index contributed by atoms with van der Waals surface area (Å²) in [5, 5.41) is 31.6. The molecule has 0 saturated carbocycles. The topological polar surface area (TPSA) is 210 Å². The summed E-state index contributed by atoms with van der Waals surface area (Å²) in [6.07, 6.45) is -4.50. The maximum Gasteiger partial charge on any atom is 0.397 e. The number of nitrogens with one attached hydrogen (secondary N) is 1. The zero-order chi connectivity index (χ0) is 23.0. The first-order chi connectivity index (χ1) is 14.0. The number of carbonyl (C=O) groups excluding carboxylic acids is 2. The van der Waals surface area contributed by atoms with E-state index >= 15 is 0 Å². The van der Waals surface area contributed by atoms with E-state index < -0.39 is 66.7 Å². The second-order valence-corrected chi connectivity index (χ2v) is 6.33. The van der Waals surface area contributed by atoms with Crippen LogP contribution in [0.5, 0.6) is 0 Å². The quantitative estimate of drug-likeness (QED) is 0.128. The molecule has 0 fully saturated rings. The van der Waals surface area contributed by atoms with Crippen molar-refractivity contribution in [2.45, 2.75) is 51.1 Å². The molecule has 0 aliphatic carbocycles. The molecule has 30 heavy (non-hydrogen) atoms. The van der Waals surface area contributed by atoms with Gasteiger partial charge in [0.1, 0.15) is 6.10 Å². The number of carbonyl (C=O) groups is 3. The van der Waals surface area contributed by atoms with Gasteiger partial charge < -0.3 is 46.4 Å². The summed E-state index contributed by atoms with van der Waals surface area (Å²) in [5.41, 5.74) is 10.8. The third kappa shape index (κ3) is 6.52. The standard InChI is InChI=1S/C16H27BN5O8/c1-4-22(17-3)16(28)30-12(9(25)6-23)13-11(20-7(2)24)8(21-15(18)19)5-10(29-13)14(26)27/h5,8-9,11-13,23,25H,4,6H2,1-3H3,(H,20,24)(H,26,27)(H4,18,19,21)/t8-,9+,11+,12+,13+/m0/s1. The van der Waals surface area contributed by atoms with E-state index in [0.29, 0.717) is 0 Å². The van der Waals surface area contributed by atoms with E-state index in [-0.39, 0.29) is 6.54 Å². The molecule has 0 unspecified atom stereocenters. The van der Waals surface area contributed by atoms with Gasteiger partial charge >= 0.3 is 12.1 Å². The molecule has 8 N–H and O–H groups in total. The van der Waals surface area contributed by atoms with E-state index in [0.717, 1.165) is 6.08 Å². The van der Waals surface area contributed by atoms with Gasteiger partial charge in [-0.15, -0.1) is 0 Å². The number of nitrogens with two attached hydrogens (primary N) is 2. The Bertz CT molecular complexity index is 695. The van der Waals surface area contributed by atoms with Gasteiger partial charge in [-0.1, -0.05) is 6.82 Å². The maximum absolute atomic E-state index is 12.4.